The van der Waals surface area contributed by atoms with Crippen LogP contribution in [0.15, 0.2) is 18.2 Å². The Morgan fingerprint density at radius 3 is 3.11 bits per heavy atom. The summed E-state index contributed by atoms with van der Waals surface area (Å²) in [6, 6.07) is 6.35. The van der Waals surface area contributed by atoms with Gasteiger partial charge in [0.1, 0.15) is 11.9 Å². The van der Waals surface area contributed by atoms with E-state index in [1.165, 1.54) is 12.1 Å². The monoisotopic (exact) mass is 263 g/mol. The Morgan fingerprint density at radius 2 is 2.42 bits per heavy atom. The second kappa shape index (κ2) is 6.50. The van der Waals surface area contributed by atoms with Gasteiger partial charge in [-0.05, 0) is 24.7 Å². The molecule has 5 heteroatoms. The van der Waals surface area contributed by atoms with E-state index < -0.39 is 5.82 Å². The van der Waals surface area contributed by atoms with E-state index in [4.69, 9.17) is 10.00 Å². The molecule has 0 aromatic heterocycles. The molecule has 102 valence electrons. The third-order valence-corrected chi connectivity index (χ3v) is 3.29. The van der Waals surface area contributed by atoms with Crippen molar-refractivity contribution in [3.63, 3.8) is 0 Å². The number of halogens is 1. The van der Waals surface area contributed by atoms with E-state index in [-0.39, 0.29) is 11.7 Å². The van der Waals surface area contributed by atoms with Gasteiger partial charge < -0.3 is 10.1 Å². The predicted molar refractivity (Wildman–Crippen MR) is 71.5 cm³/mol. The van der Waals surface area contributed by atoms with Gasteiger partial charge in [0.15, 0.2) is 0 Å². The van der Waals surface area contributed by atoms with Crippen LogP contribution in [0.5, 0.6) is 0 Å². The van der Waals surface area contributed by atoms with Crippen molar-refractivity contribution in [1.29, 1.82) is 5.26 Å². The highest BCUT2D eigenvalue weighted by molar-refractivity contribution is 5.48. The molecule has 19 heavy (non-hydrogen) atoms. The first-order valence-electron chi connectivity index (χ1n) is 6.50. The quantitative estimate of drug-likeness (QED) is 0.900. The molecule has 0 radical (unpaired) electrons. The summed E-state index contributed by atoms with van der Waals surface area (Å²) in [6.07, 6.45) is 0.118. The number of likely N-dealkylation sites (N-methyl/N-ethyl adjacent to an activating group) is 1. The molecule has 1 atom stereocenters. The molecule has 1 N–H and O–H groups in total. The molecule has 1 fully saturated rings. The highest BCUT2D eigenvalue weighted by Crippen LogP contribution is 2.14. The lowest BCUT2D eigenvalue weighted by atomic mass is 10.2. The fourth-order valence-corrected chi connectivity index (χ4v) is 2.14. The van der Waals surface area contributed by atoms with E-state index in [0.717, 1.165) is 26.2 Å². The minimum atomic E-state index is -0.493. The largest absolute Gasteiger partial charge is 0.382 e. The number of nitrogens with one attached hydrogen (secondary N) is 1. The number of morpholine rings is 1. The highest BCUT2D eigenvalue weighted by Gasteiger charge is 2.18. The van der Waals surface area contributed by atoms with Crippen LogP contribution in [0.25, 0.3) is 0 Å². The van der Waals surface area contributed by atoms with E-state index in [9.17, 15) is 4.39 Å². The van der Waals surface area contributed by atoms with Crippen molar-refractivity contribution >= 4 is 5.69 Å². The van der Waals surface area contributed by atoms with Crippen LogP contribution < -0.4 is 5.32 Å². The molecule has 1 aromatic carbocycles. The van der Waals surface area contributed by atoms with Crippen LogP contribution in [0.1, 0.15) is 12.5 Å². The van der Waals surface area contributed by atoms with Gasteiger partial charge in [0.05, 0.1) is 18.3 Å². The summed E-state index contributed by atoms with van der Waals surface area (Å²) in [4.78, 5) is 2.33. The summed E-state index contributed by atoms with van der Waals surface area (Å²) in [5.41, 5.74) is 0.741. The lowest BCUT2D eigenvalue weighted by Gasteiger charge is -2.32. The fourth-order valence-electron chi connectivity index (χ4n) is 2.14. The van der Waals surface area contributed by atoms with Gasteiger partial charge >= 0.3 is 0 Å². The number of hydrogen-bond acceptors (Lipinski definition) is 4. The lowest BCUT2D eigenvalue weighted by molar-refractivity contribution is -0.0191. The zero-order valence-corrected chi connectivity index (χ0v) is 11.0. The van der Waals surface area contributed by atoms with Gasteiger partial charge in [-0.15, -0.1) is 0 Å². The Kier molecular flexibility index (Phi) is 4.72. The van der Waals surface area contributed by atoms with Gasteiger partial charge in [0.2, 0.25) is 0 Å². The first kappa shape index (κ1) is 13.8. The number of hydrogen-bond donors (Lipinski definition) is 1. The normalized spacial score (nSPS) is 19.9. The molecule has 2 rings (SSSR count). The van der Waals surface area contributed by atoms with Crippen LogP contribution in [0, 0.1) is 17.1 Å². The molecular formula is C14H18FN3O. The van der Waals surface area contributed by atoms with Gasteiger partial charge in [-0.1, -0.05) is 6.92 Å². The zero-order chi connectivity index (χ0) is 13.7. The topological polar surface area (TPSA) is 48.3 Å². The SMILES string of the molecule is CCN1CCOC(CNc2ccc(C#N)c(F)c2)C1. The molecule has 1 saturated heterocycles. The predicted octanol–water partition coefficient (Wildman–Crippen LogP) is 1.83. The molecular weight excluding hydrogens is 245 g/mol. The summed E-state index contributed by atoms with van der Waals surface area (Å²) in [5.74, 6) is -0.493. The molecule has 0 aliphatic carbocycles. The number of benzene rings is 1. The summed E-state index contributed by atoms with van der Waals surface area (Å²) in [7, 11) is 0. The third kappa shape index (κ3) is 3.66. The van der Waals surface area contributed by atoms with E-state index in [1.807, 2.05) is 6.07 Å². The number of rotatable bonds is 4. The Morgan fingerprint density at radius 1 is 1.58 bits per heavy atom. The first-order valence-corrected chi connectivity index (χ1v) is 6.50. The molecule has 1 aromatic rings. The van der Waals surface area contributed by atoms with Crippen molar-refractivity contribution in [1.82, 2.24) is 4.90 Å². The summed E-state index contributed by atoms with van der Waals surface area (Å²) >= 11 is 0. The minimum absolute atomic E-state index is 0.0663. The summed E-state index contributed by atoms with van der Waals surface area (Å²) in [6.45, 7) is 6.39. The Bertz CT molecular complexity index is 472. The Balaban J connectivity index is 1.88. The van der Waals surface area contributed by atoms with Crippen LogP contribution in [0.4, 0.5) is 10.1 Å². The Hall–Kier alpha value is -1.64. The van der Waals surface area contributed by atoms with Crippen LogP contribution in [0.3, 0.4) is 0 Å². The summed E-state index contributed by atoms with van der Waals surface area (Å²) < 4.78 is 19.1. The van der Waals surface area contributed by atoms with Crippen molar-refractivity contribution in [2.24, 2.45) is 0 Å². The van der Waals surface area contributed by atoms with E-state index in [1.54, 1.807) is 6.07 Å². The number of ether oxygens (including phenoxy) is 1. The van der Waals surface area contributed by atoms with Crippen LogP contribution >= 0.6 is 0 Å². The molecule has 1 unspecified atom stereocenters. The highest BCUT2D eigenvalue weighted by atomic mass is 19.1. The van der Waals surface area contributed by atoms with Crippen LogP contribution in [-0.2, 0) is 4.74 Å². The standard InChI is InChI=1S/C14H18FN3O/c1-2-18-5-6-19-13(10-18)9-17-12-4-3-11(8-16)14(15)7-12/h3-4,7,13,17H,2,5-6,9-10H2,1H3. The molecule has 4 nitrogen and oxygen atoms in total. The third-order valence-electron chi connectivity index (χ3n) is 3.29. The van der Waals surface area contributed by atoms with Gasteiger partial charge in [-0.3, -0.25) is 4.90 Å². The van der Waals surface area contributed by atoms with Gasteiger partial charge in [-0.2, -0.15) is 5.26 Å². The van der Waals surface area contributed by atoms with Gasteiger partial charge in [0, 0.05) is 25.3 Å². The number of nitrogens with zero attached hydrogens (tertiary/aromatic N) is 2. The second-order valence-electron chi connectivity index (χ2n) is 4.57. The minimum Gasteiger partial charge on any atom is -0.382 e. The van der Waals surface area contributed by atoms with E-state index in [2.05, 4.69) is 17.1 Å². The molecule has 1 heterocycles. The number of nitriles is 1. The van der Waals surface area contributed by atoms with Crippen molar-refractivity contribution in [2.75, 3.05) is 38.1 Å². The molecule has 1 aliphatic rings. The smallest absolute Gasteiger partial charge is 0.143 e. The van der Waals surface area contributed by atoms with Crippen molar-refractivity contribution in [3.05, 3.63) is 29.6 Å². The van der Waals surface area contributed by atoms with E-state index >= 15 is 0 Å². The molecule has 0 amide bonds. The fraction of sp³-hybridized carbons (Fsp3) is 0.500. The molecule has 0 saturated carbocycles. The number of anilines is 1. The van der Waals surface area contributed by atoms with Crippen LogP contribution in [0.2, 0.25) is 0 Å². The Labute approximate surface area is 112 Å². The molecule has 0 bridgehead atoms. The first-order chi connectivity index (χ1) is 9.22. The van der Waals surface area contributed by atoms with Crippen molar-refractivity contribution in [3.8, 4) is 6.07 Å². The van der Waals surface area contributed by atoms with Crippen molar-refractivity contribution in [2.45, 2.75) is 13.0 Å². The lowest BCUT2D eigenvalue weighted by Crippen LogP contribution is -2.45. The van der Waals surface area contributed by atoms with Gasteiger partial charge in [0.25, 0.3) is 0 Å². The maximum atomic E-state index is 13.4. The average Bonchev–Trinajstić information content (AvgIpc) is 2.45. The van der Waals surface area contributed by atoms with E-state index in [0.29, 0.717) is 12.2 Å². The molecule has 1 aliphatic heterocycles. The maximum absolute atomic E-state index is 13.4. The zero-order valence-electron chi connectivity index (χ0n) is 11.0. The molecule has 0 spiro atoms. The van der Waals surface area contributed by atoms with Gasteiger partial charge in [-0.25, -0.2) is 4.39 Å². The maximum Gasteiger partial charge on any atom is 0.143 e. The van der Waals surface area contributed by atoms with Crippen LogP contribution in [-0.4, -0.2) is 43.8 Å². The average molecular weight is 263 g/mol. The van der Waals surface area contributed by atoms with Crippen molar-refractivity contribution < 1.29 is 9.13 Å². The summed E-state index contributed by atoms with van der Waals surface area (Å²) in [5, 5.41) is 11.8. The second-order valence-corrected chi connectivity index (χ2v) is 4.57.